The van der Waals surface area contributed by atoms with E-state index in [1.165, 1.54) is 24.8 Å². The predicted octanol–water partition coefficient (Wildman–Crippen LogP) is 4.37. The van der Waals surface area contributed by atoms with Gasteiger partial charge in [0.1, 0.15) is 17.3 Å². The van der Waals surface area contributed by atoms with Crippen molar-refractivity contribution in [1.82, 2.24) is 5.32 Å². The lowest BCUT2D eigenvalue weighted by atomic mass is 10.0. The van der Waals surface area contributed by atoms with Crippen LogP contribution in [0.4, 0.5) is 4.39 Å². The van der Waals surface area contributed by atoms with E-state index in [1.807, 2.05) is 36.4 Å². The number of rotatable bonds is 5. The second-order valence-corrected chi connectivity index (χ2v) is 6.65. The van der Waals surface area contributed by atoms with Crippen LogP contribution in [-0.4, -0.2) is 19.6 Å². The number of hydrogen-bond acceptors (Lipinski definition) is 3. The van der Waals surface area contributed by atoms with Crippen LogP contribution in [0.3, 0.4) is 0 Å². The topological polar surface area (TPSA) is 47.6 Å². The van der Waals surface area contributed by atoms with E-state index in [2.05, 4.69) is 11.4 Å². The molecule has 1 N–H and O–H groups in total. The number of fused-ring (bicyclic) bond motifs is 1. The van der Waals surface area contributed by atoms with Gasteiger partial charge in [-0.05, 0) is 46.5 Å². The lowest BCUT2D eigenvalue weighted by Crippen LogP contribution is -2.23. The van der Waals surface area contributed by atoms with Crippen molar-refractivity contribution in [2.75, 3.05) is 13.7 Å². The van der Waals surface area contributed by atoms with Gasteiger partial charge in [-0.25, -0.2) is 4.39 Å². The van der Waals surface area contributed by atoms with Crippen molar-refractivity contribution in [2.24, 2.45) is 0 Å². The Morgan fingerprint density at radius 2 is 1.86 bits per heavy atom. The minimum atomic E-state index is -0.604. The molecule has 0 saturated carbocycles. The van der Waals surface area contributed by atoms with Crippen molar-refractivity contribution in [2.45, 2.75) is 13.0 Å². The Morgan fingerprint density at radius 1 is 1.07 bits per heavy atom. The van der Waals surface area contributed by atoms with Gasteiger partial charge in [0.15, 0.2) is 0 Å². The molecule has 0 saturated heterocycles. The van der Waals surface area contributed by atoms with Crippen LogP contribution in [-0.2, 0) is 13.0 Å². The number of carbonyl (C=O) groups excluding carboxylic acids is 1. The lowest BCUT2D eigenvalue weighted by molar-refractivity contribution is 0.0947. The molecule has 0 aliphatic carbocycles. The zero-order valence-corrected chi connectivity index (χ0v) is 15.5. The zero-order valence-electron chi connectivity index (χ0n) is 15.5. The SMILES string of the molecule is COc1ccc(C(=O)NCc2ccc(-c3ccc4c(c3)CCO4)cc2)c(F)c1. The number of carbonyl (C=O) groups is 1. The smallest absolute Gasteiger partial charge is 0.254 e. The lowest BCUT2D eigenvalue weighted by Gasteiger charge is -2.09. The number of methoxy groups -OCH3 is 1. The summed E-state index contributed by atoms with van der Waals surface area (Å²) in [6.07, 6.45) is 0.940. The summed E-state index contributed by atoms with van der Waals surface area (Å²) in [7, 11) is 1.45. The summed E-state index contributed by atoms with van der Waals surface area (Å²) in [5.74, 6) is 0.284. The van der Waals surface area contributed by atoms with E-state index in [4.69, 9.17) is 9.47 Å². The average Bonchev–Trinajstić information content (AvgIpc) is 3.20. The van der Waals surface area contributed by atoms with Gasteiger partial charge in [0, 0.05) is 19.0 Å². The van der Waals surface area contributed by atoms with Crippen LogP contribution < -0.4 is 14.8 Å². The summed E-state index contributed by atoms with van der Waals surface area (Å²) in [5.41, 5.74) is 4.41. The molecule has 0 radical (unpaired) electrons. The number of ether oxygens (including phenoxy) is 2. The fraction of sp³-hybridized carbons (Fsp3) is 0.174. The highest BCUT2D eigenvalue weighted by Gasteiger charge is 2.14. The molecule has 0 atom stereocenters. The molecule has 4 rings (SSSR count). The van der Waals surface area contributed by atoms with E-state index in [9.17, 15) is 9.18 Å². The quantitative estimate of drug-likeness (QED) is 0.718. The van der Waals surface area contributed by atoms with Crippen molar-refractivity contribution in [1.29, 1.82) is 0 Å². The summed E-state index contributed by atoms with van der Waals surface area (Å²) in [4.78, 5) is 12.2. The Kier molecular flexibility index (Phi) is 4.98. The van der Waals surface area contributed by atoms with E-state index in [1.54, 1.807) is 6.07 Å². The maximum atomic E-state index is 14.0. The minimum Gasteiger partial charge on any atom is -0.497 e. The highest BCUT2D eigenvalue weighted by molar-refractivity contribution is 5.94. The summed E-state index contributed by atoms with van der Waals surface area (Å²) >= 11 is 0. The van der Waals surface area contributed by atoms with Crippen LogP contribution >= 0.6 is 0 Å². The van der Waals surface area contributed by atoms with Gasteiger partial charge in [-0.1, -0.05) is 30.3 Å². The van der Waals surface area contributed by atoms with Gasteiger partial charge < -0.3 is 14.8 Å². The van der Waals surface area contributed by atoms with Crippen molar-refractivity contribution < 1.29 is 18.7 Å². The molecule has 1 heterocycles. The van der Waals surface area contributed by atoms with Crippen molar-refractivity contribution in [3.8, 4) is 22.6 Å². The molecule has 3 aromatic carbocycles. The van der Waals surface area contributed by atoms with E-state index in [0.717, 1.165) is 35.5 Å². The molecule has 0 unspecified atom stereocenters. The Labute approximate surface area is 162 Å². The van der Waals surface area contributed by atoms with Crippen LogP contribution in [0.25, 0.3) is 11.1 Å². The number of halogens is 1. The maximum absolute atomic E-state index is 14.0. The van der Waals surface area contributed by atoms with Gasteiger partial charge in [-0.15, -0.1) is 0 Å². The first kappa shape index (κ1) is 18.0. The molecule has 4 nitrogen and oxygen atoms in total. The predicted molar refractivity (Wildman–Crippen MR) is 105 cm³/mol. The Bertz CT molecular complexity index is 1010. The van der Waals surface area contributed by atoms with Crippen molar-refractivity contribution in [3.63, 3.8) is 0 Å². The van der Waals surface area contributed by atoms with Crippen LogP contribution in [0.5, 0.6) is 11.5 Å². The third-order valence-corrected chi connectivity index (χ3v) is 4.85. The summed E-state index contributed by atoms with van der Waals surface area (Å²) < 4.78 is 24.5. The fourth-order valence-corrected chi connectivity index (χ4v) is 3.27. The Balaban J connectivity index is 1.41. The third kappa shape index (κ3) is 3.69. The number of nitrogens with one attached hydrogen (secondary N) is 1. The number of hydrogen-bond donors (Lipinski definition) is 1. The minimum absolute atomic E-state index is 0.00206. The van der Waals surface area contributed by atoms with Crippen molar-refractivity contribution >= 4 is 5.91 Å². The summed E-state index contributed by atoms with van der Waals surface area (Å²) in [6.45, 7) is 1.06. The van der Waals surface area contributed by atoms with Gasteiger partial charge in [0.2, 0.25) is 0 Å². The summed E-state index contributed by atoms with van der Waals surface area (Å²) in [6, 6.07) is 18.4. The Morgan fingerprint density at radius 3 is 2.61 bits per heavy atom. The maximum Gasteiger partial charge on any atom is 0.254 e. The van der Waals surface area contributed by atoms with Crippen LogP contribution in [0.2, 0.25) is 0 Å². The molecule has 1 amide bonds. The standard InChI is InChI=1S/C23H20FNO3/c1-27-19-7-8-20(21(24)13-19)23(26)25-14-15-2-4-16(5-3-15)17-6-9-22-18(12-17)10-11-28-22/h2-9,12-13H,10-11,14H2,1H3,(H,25,26). The molecule has 0 aromatic heterocycles. The molecule has 0 spiro atoms. The van der Waals surface area contributed by atoms with Gasteiger partial charge in [-0.3, -0.25) is 4.79 Å². The second-order valence-electron chi connectivity index (χ2n) is 6.65. The van der Waals surface area contributed by atoms with Gasteiger partial charge in [-0.2, -0.15) is 0 Å². The number of benzene rings is 3. The van der Waals surface area contributed by atoms with E-state index < -0.39 is 11.7 Å². The first-order valence-corrected chi connectivity index (χ1v) is 9.11. The Hall–Kier alpha value is -3.34. The molecule has 142 valence electrons. The largest absolute Gasteiger partial charge is 0.497 e. The normalized spacial score (nSPS) is 12.2. The molecule has 28 heavy (non-hydrogen) atoms. The zero-order chi connectivity index (χ0) is 19.5. The van der Waals surface area contributed by atoms with E-state index >= 15 is 0 Å². The first-order valence-electron chi connectivity index (χ1n) is 9.11. The highest BCUT2D eigenvalue weighted by Crippen LogP contribution is 2.30. The van der Waals surface area contributed by atoms with Gasteiger partial charge >= 0.3 is 0 Å². The van der Waals surface area contributed by atoms with Crippen LogP contribution in [0, 0.1) is 5.82 Å². The molecular weight excluding hydrogens is 357 g/mol. The molecule has 1 aliphatic rings. The van der Waals surface area contributed by atoms with Crippen LogP contribution in [0.1, 0.15) is 21.5 Å². The highest BCUT2D eigenvalue weighted by atomic mass is 19.1. The van der Waals surface area contributed by atoms with Crippen molar-refractivity contribution in [3.05, 3.63) is 83.2 Å². The molecule has 0 bridgehead atoms. The summed E-state index contributed by atoms with van der Waals surface area (Å²) in [5, 5.41) is 2.75. The third-order valence-electron chi connectivity index (χ3n) is 4.85. The molecule has 0 fully saturated rings. The second kappa shape index (κ2) is 7.72. The number of amides is 1. The monoisotopic (exact) mass is 377 g/mol. The molecule has 1 aliphatic heterocycles. The van der Waals surface area contributed by atoms with E-state index in [0.29, 0.717) is 12.3 Å². The first-order chi connectivity index (χ1) is 13.6. The molecular formula is C23H20FNO3. The molecule has 5 heteroatoms. The van der Waals surface area contributed by atoms with Crippen LogP contribution in [0.15, 0.2) is 60.7 Å². The van der Waals surface area contributed by atoms with E-state index in [-0.39, 0.29) is 5.56 Å². The van der Waals surface area contributed by atoms with Gasteiger partial charge in [0.25, 0.3) is 5.91 Å². The fourth-order valence-electron chi connectivity index (χ4n) is 3.27. The van der Waals surface area contributed by atoms with Gasteiger partial charge in [0.05, 0.1) is 19.3 Å². The average molecular weight is 377 g/mol. The molecule has 3 aromatic rings.